The average Bonchev–Trinajstić information content (AvgIpc) is 3.25. The number of alkyl halides is 3. The standard InChI is InChI=1S/C32H37F3N5O3PS/c1-42-26-15-22(44(2,3)41)10-11-23(26)36-14-5-7-24-28(45-32(33,34)35)25-8-4-9-27(40(25)38-24)37-30-12-6-13-31(16-30,17-30)39-18-29(19-39)20-43-21-29/h4,8-11,15,36-37H,6,12-14,16-21H2,1-3H3. The number of aromatic nitrogens is 2. The van der Waals surface area contributed by atoms with E-state index in [4.69, 9.17) is 9.47 Å². The number of fused-ring (bicyclic) bond motifs is 3. The van der Waals surface area contributed by atoms with Crippen LogP contribution in [0.5, 0.6) is 5.75 Å². The highest BCUT2D eigenvalue weighted by atomic mass is 32.2. The number of nitrogens with zero attached hydrogens (tertiary/aromatic N) is 3. The molecule has 3 aromatic rings. The minimum Gasteiger partial charge on any atom is -0.495 e. The Morgan fingerprint density at radius 3 is 2.60 bits per heavy atom. The monoisotopic (exact) mass is 659 g/mol. The van der Waals surface area contributed by atoms with Gasteiger partial charge in [-0.25, -0.2) is 4.52 Å². The van der Waals surface area contributed by atoms with Gasteiger partial charge >= 0.3 is 5.51 Å². The maximum absolute atomic E-state index is 13.7. The molecule has 2 saturated heterocycles. The first-order chi connectivity index (χ1) is 21.3. The molecule has 1 spiro atoms. The lowest BCUT2D eigenvalue weighted by Crippen LogP contribution is -2.78. The SMILES string of the molecule is COc1cc(P(C)(C)=O)ccc1NCC#Cc1nn2c(NC34CCCC(N5CC6(COC6)C5)(C3)C4)cccc2c1SC(F)(F)F. The number of pyridine rings is 1. The molecule has 2 bridgehead atoms. The van der Waals surface area contributed by atoms with Gasteiger partial charge in [0, 0.05) is 34.9 Å². The van der Waals surface area contributed by atoms with Crippen molar-refractivity contribution < 1.29 is 27.2 Å². The van der Waals surface area contributed by atoms with Gasteiger partial charge in [0.2, 0.25) is 0 Å². The first-order valence-corrected chi connectivity index (χ1v) is 18.6. The second kappa shape index (κ2) is 10.9. The molecule has 0 amide bonds. The van der Waals surface area contributed by atoms with Crippen LogP contribution in [0.25, 0.3) is 5.52 Å². The molecule has 2 aliphatic heterocycles. The van der Waals surface area contributed by atoms with Crippen LogP contribution in [0.15, 0.2) is 41.3 Å². The highest BCUT2D eigenvalue weighted by Crippen LogP contribution is 2.59. The molecule has 13 heteroatoms. The van der Waals surface area contributed by atoms with Gasteiger partial charge in [-0.2, -0.15) is 18.3 Å². The predicted molar refractivity (Wildman–Crippen MR) is 172 cm³/mol. The molecule has 4 heterocycles. The fourth-order valence-electron chi connectivity index (χ4n) is 7.66. The van der Waals surface area contributed by atoms with Gasteiger partial charge in [0.15, 0.2) is 0 Å². The summed E-state index contributed by atoms with van der Waals surface area (Å²) in [6.07, 6.45) is 5.37. The summed E-state index contributed by atoms with van der Waals surface area (Å²) in [5.74, 6) is 7.01. The molecule has 3 aliphatic carbocycles. The molecular weight excluding hydrogens is 622 g/mol. The van der Waals surface area contributed by atoms with E-state index < -0.39 is 12.7 Å². The lowest BCUT2D eigenvalue weighted by molar-refractivity contribution is -0.237. The lowest BCUT2D eigenvalue weighted by Gasteiger charge is -2.71. The van der Waals surface area contributed by atoms with Crippen molar-refractivity contribution in [2.45, 2.75) is 53.6 Å². The molecule has 240 valence electrons. The van der Waals surface area contributed by atoms with E-state index in [2.05, 4.69) is 32.5 Å². The normalized spacial score (nSPS) is 25.5. The quantitative estimate of drug-likeness (QED) is 0.177. The van der Waals surface area contributed by atoms with Crippen LogP contribution in [-0.2, 0) is 9.30 Å². The zero-order valence-corrected chi connectivity index (χ0v) is 27.3. The van der Waals surface area contributed by atoms with Crippen LogP contribution in [0.2, 0.25) is 0 Å². The maximum atomic E-state index is 13.7. The number of thioether (sulfide) groups is 1. The number of benzene rings is 1. The molecule has 2 N–H and O–H groups in total. The summed E-state index contributed by atoms with van der Waals surface area (Å²) in [7, 11) is -0.944. The summed E-state index contributed by atoms with van der Waals surface area (Å²) in [5, 5.41) is 12.2. The van der Waals surface area contributed by atoms with Gasteiger partial charge in [0.05, 0.1) is 43.0 Å². The van der Waals surface area contributed by atoms with Gasteiger partial charge in [-0.3, -0.25) is 4.90 Å². The third-order valence-corrected chi connectivity index (χ3v) is 12.1. The molecule has 5 aliphatic rings. The van der Waals surface area contributed by atoms with Crippen molar-refractivity contribution >= 4 is 41.2 Å². The number of rotatable bonds is 8. The average molecular weight is 660 g/mol. The Bertz CT molecular complexity index is 1740. The molecule has 8 nitrogen and oxygen atoms in total. The number of methoxy groups -OCH3 is 1. The van der Waals surface area contributed by atoms with Gasteiger partial charge in [-0.05, 0) is 93.4 Å². The van der Waals surface area contributed by atoms with Gasteiger partial charge in [-0.1, -0.05) is 12.0 Å². The molecule has 0 atom stereocenters. The zero-order valence-electron chi connectivity index (χ0n) is 25.6. The van der Waals surface area contributed by atoms with E-state index in [1.807, 2.05) is 6.07 Å². The Morgan fingerprint density at radius 2 is 1.93 bits per heavy atom. The first-order valence-electron chi connectivity index (χ1n) is 15.2. The summed E-state index contributed by atoms with van der Waals surface area (Å²) in [6, 6.07) is 10.6. The van der Waals surface area contributed by atoms with Crippen LogP contribution in [-0.4, -0.2) is 84.4 Å². The maximum Gasteiger partial charge on any atom is 0.446 e. The molecule has 1 aromatic carbocycles. The molecule has 8 rings (SSSR count). The van der Waals surface area contributed by atoms with Crippen LogP contribution >= 0.6 is 18.9 Å². The summed E-state index contributed by atoms with van der Waals surface area (Å²) in [6.45, 7) is 7.47. The van der Waals surface area contributed by atoms with Crippen LogP contribution in [0.1, 0.15) is 37.8 Å². The molecule has 45 heavy (non-hydrogen) atoms. The van der Waals surface area contributed by atoms with Crippen molar-refractivity contribution in [1.29, 1.82) is 0 Å². The Balaban J connectivity index is 1.11. The lowest BCUT2D eigenvalue weighted by atomic mass is 9.52. The van der Waals surface area contributed by atoms with Gasteiger partial charge in [-0.15, -0.1) is 0 Å². The smallest absolute Gasteiger partial charge is 0.446 e. The summed E-state index contributed by atoms with van der Waals surface area (Å²) in [5.41, 5.74) is -2.93. The molecule has 5 fully saturated rings. The van der Waals surface area contributed by atoms with Gasteiger partial charge < -0.3 is 24.7 Å². The van der Waals surface area contributed by atoms with E-state index in [1.165, 1.54) is 13.5 Å². The van der Waals surface area contributed by atoms with Crippen molar-refractivity contribution in [2.75, 3.05) is 63.9 Å². The molecular formula is C32H37F3N5O3PS. The van der Waals surface area contributed by atoms with Crippen molar-refractivity contribution in [2.24, 2.45) is 5.41 Å². The van der Waals surface area contributed by atoms with E-state index in [9.17, 15) is 17.7 Å². The van der Waals surface area contributed by atoms with E-state index >= 15 is 0 Å². The third-order valence-electron chi connectivity index (χ3n) is 9.78. The van der Waals surface area contributed by atoms with Crippen LogP contribution < -0.4 is 20.7 Å². The molecule has 3 saturated carbocycles. The van der Waals surface area contributed by atoms with Gasteiger partial charge in [0.25, 0.3) is 0 Å². The van der Waals surface area contributed by atoms with E-state index in [-0.39, 0.29) is 40.0 Å². The van der Waals surface area contributed by atoms with Crippen molar-refractivity contribution in [3.8, 4) is 17.6 Å². The number of halogens is 3. The largest absolute Gasteiger partial charge is 0.495 e. The number of ether oxygens (including phenoxy) is 2. The minimum absolute atomic E-state index is 0.0140. The van der Waals surface area contributed by atoms with Crippen LogP contribution in [0.3, 0.4) is 0 Å². The second-order valence-electron chi connectivity index (χ2n) is 13.5. The number of hydrogen-bond acceptors (Lipinski definition) is 8. The number of likely N-dealkylation sites (tertiary alicyclic amines) is 1. The Kier molecular flexibility index (Phi) is 7.44. The summed E-state index contributed by atoms with van der Waals surface area (Å²) >= 11 is -0.185. The summed E-state index contributed by atoms with van der Waals surface area (Å²) < 4.78 is 66.1. The zero-order chi connectivity index (χ0) is 31.7. The Morgan fingerprint density at radius 1 is 1.16 bits per heavy atom. The van der Waals surface area contributed by atoms with Crippen molar-refractivity contribution in [1.82, 2.24) is 14.5 Å². The number of nitrogens with one attached hydrogen (secondary N) is 2. The van der Waals surface area contributed by atoms with E-state index in [1.54, 1.807) is 48.2 Å². The Hall–Kier alpha value is -2.84. The van der Waals surface area contributed by atoms with E-state index in [0.717, 1.165) is 52.0 Å². The van der Waals surface area contributed by atoms with Gasteiger partial charge in [0.1, 0.15) is 24.4 Å². The fraction of sp³-hybridized carbons (Fsp3) is 0.531. The molecule has 0 unspecified atom stereocenters. The third kappa shape index (κ3) is 5.71. The second-order valence-corrected chi connectivity index (χ2v) is 17.8. The summed E-state index contributed by atoms with van der Waals surface area (Å²) in [4.78, 5) is 2.62. The molecule has 0 radical (unpaired) electrons. The highest BCUT2D eigenvalue weighted by Gasteiger charge is 2.64. The van der Waals surface area contributed by atoms with Crippen molar-refractivity contribution in [3.05, 3.63) is 42.1 Å². The number of anilines is 2. The van der Waals surface area contributed by atoms with E-state index in [0.29, 0.717) is 33.5 Å². The van der Waals surface area contributed by atoms with Crippen molar-refractivity contribution in [3.63, 3.8) is 0 Å². The minimum atomic E-state index is -4.50. The van der Waals surface area contributed by atoms with Crippen LogP contribution in [0.4, 0.5) is 24.7 Å². The van der Waals surface area contributed by atoms with Crippen LogP contribution in [0, 0.1) is 17.3 Å². The fourth-order valence-corrected chi connectivity index (χ4v) is 9.20. The topological polar surface area (TPSA) is 80.1 Å². The first kappa shape index (κ1) is 30.8. The number of hydrogen-bond donors (Lipinski definition) is 2. The Labute approximate surface area is 265 Å². The highest BCUT2D eigenvalue weighted by molar-refractivity contribution is 8.00. The molecule has 2 aromatic heterocycles. The predicted octanol–water partition coefficient (Wildman–Crippen LogP) is 5.87.